The van der Waals surface area contributed by atoms with Gasteiger partial charge in [0.25, 0.3) is 0 Å². The largest absolute Gasteiger partial charge is 0.335 e. The molecule has 5 aromatic rings. The van der Waals surface area contributed by atoms with Crippen molar-refractivity contribution in [3.63, 3.8) is 0 Å². The van der Waals surface area contributed by atoms with Crippen molar-refractivity contribution in [2.75, 3.05) is 0 Å². The van der Waals surface area contributed by atoms with Crippen molar-refractivity contribution in [2.45, 2.75) is 6.92 Å². The van der Waals surface area contributed by atoms with Crippen molar-refractivity contribution < 1.29 is 0 Å². The van der Waals surface area contributed by atoms with Crippen LogP contribution in [0.5, 0.6) is 0 Å². The van der Waals surface area contributed by atoms with E-state index in [0.717, 1.165) is 44.5 Å². The summed E-state index contributed by atoms with van der Waals surface area (Å²) in [5, 5.41) is 8.39. The summed E-state index contributed by atoms with van der Waals surface area (Å²) < 4.78 is 0. The van der Waals surface area contributed by atoms with E-state index in [1.165, 1.54) is 0 Å². The molecule has 2 N–H and O–H groups in total. The highest BCUT2D eigenvalue weighted by Crippen LogP contribution is 2.28. The number of fused-ring (bicyclic) bond motifs is 2. The van der Waals surface area contributed by atoms with Crippen LogP contribution in [0.15, 0.2) is 49.2 Å². The van der Waals surface area contributed by atoms with Crippen LogP contribution < -0.4 is 0 Å². The molecule has 7 heteroatoms. The second-order valence-electron chi connectivity index (χ2n) is 5.92. The number of aryl methyl sites for hydroxylation is 1. The van der Waals surface area contributed by atoms with Crippen molar-refractivity contribution in [3.05, 3.63) is 54.7 Å². The Morgan fingerprint density at radius 2 is 1.92 bits per heavy atom. The fraction of sp³-hybridized carbons (Fsp3) is 0.0556. The number of H-pyrrole nitrogens is 2. The first-order valence-electron chi connectivity index (χ1n) is 7.84. The molecule has 0 aliphatic carbocycles. The van der Waals surface area contributed by atoms with Gasteiger partial charge >= 0.3 is 0 Å². The zero-order chi connectivity index (χ0) is 16.8. The number of rotatable bonds is 2. The van der Waals surface area contributed by atoms with E-state index in [9.17, 15) is 0 Å². The highest BCUT2D eigenvalue weighted by Gasteiger charge is 2.14. The van der Waals surface area contributed by atoms with Crippen LogP contribution in [0.25, 0.3) is 44.7 Å². The lowest BCUT2D eigenvalue weighted by Gasteiger charge is -2.02. The van der Waals surface area contributed by atoms with Gasteiger partial charge in [-0.1, -0.05) is 0 Å². The summed E-state index contributed by atoms with van der Waals surface area (Å²) in [5.41, 5.74) is 6.28. The van der Waals surface area contributed by atoms with E-state index in [1.54, 1.807) is 18.6 Å². The maximum Gasteiger partial charge on any atom is 0.159 e. The SMILES string of the molecule is Cc1cncc(-c2cc3c(-c4nc5ccncc5[nH]4)n[nH]c3cn2)c1. The third kappa shape index (κ3) is 2.25. The fourth-order valence-corrected chi connectivity index (χ4v) is 2.92. The van der Waals surface area contributed by atoms with Crippen LogP contribution in [0.1, 0.15) is 5.56 Å². The molecule has 0 saturated heterocycles. The first kappa shape index (κ1) is 13.8. The number of nitrogens with zero attached hydrogens (tertiary/aromatic N) is 5. The van der Waals surface area contributed by atoms with Gasteiger partial charge < -0.3 is 4.98 Å². The predicted molar refractivity (Wildman–Crippen MR) is 94.7 cm³/mol. The topological polar surface area (TPSA) is 96.0 Å². The van der Waals surface area contributed by atoms with Crippen LogP contribution in [0, 0.1) is 6.92 Å². The molecular weight excluding hydrogens is 314 g/mol. The zero-order valence-corrected chi connectivity index (χ0v) is 13.4. The van der Waals surface area contributed by atoms with Gasteiger partial charge in [-0.2, -0.15) is 5.10 Å². The molecule has 0 saturated carbocycles. The Labute approximate surface area is 142 Å². The van der Waals surface area contributed by atoms with Gasteiger partial charge in [-0.25, -0.2) is 4.98 Å². The molecular formula is C18H13N7. The van der Waals surface area contributed by atoms with E-state index in [2.05, 4.69) is 41.2 Å². The average Bonchev–Trinajstić information content (AvgIpc) is 3.24. The monoisotopic (exact) mass is 327 g/mol. The van der Waals surface area contributed by atoms with Crippen LogP contribution in [-0.4, -0.2) is 35.1 Å². The van der Waals surface area contributed by atoms with E-state index >= 15 is 0 Å². The number of hydrogen-bond donors (Lipinski definition) is 2. The van der Waals surface area contributed by atoms with Crippen LogP contribution in [0.4, 0.5) is 0 Å². The number of aromatic amines is 2. The molecule has 0 unspecified atom stereocenters. The Bertz CT molecular complexity index is 1190. The lowest BCUT2D eigenvalue weighted by Crippen LogP contribution is -1.87. The molecule has 5 rings (SSSR count). The molecule has 0 fully saturated rings. The molecule has 0 aliphatic rings. The molecule has 0 aromatic carbocycles. The number of nitrogens with one attached hydrogen (secondary N) is 2. The minimum atomic E-state index is 0.703. The molecule has 0 amide bonds. The minimum absolute atomic E-state index is 0.703. The van der Waals surface area contributed by atoms with Crippen molar-refractivity contribution in [1.29, 1.82) is 0 Å². The molecule has 5 aromatic heterocycles. The molecule has 7 nitrogen and oxygen atoms in total. The van der Waals surface area contributed by atoms with Gasteiger partial charge in [-0.3, -0.25) is 20.1 Å². The summed E-state index contributed by atoms with van der Waals surface area (Å²) >= 11 is 0. The highest BCUT2D eigenvalue weighted by atomic mass is 15.1. The molecule has 0 aliphatic heterocycles. The molecule has 5 heterocycles. The Hall–Kier alpha value is -3.61. The number of pyridine rings is 3. The fourth-order valence-electron chi connectivity index (χ4n) is 2.92. The maximum absolute atomic E-state index is 4.61. The first-order valence-corrected chi connectivity index (χ1v) is 7.84. The van der Waals surface area contributed by atoms with Crippen LogP contribution in [-0.2, 0) is 0 Å². The van der Waals surface area contributed by atoms with E-state index in [4.69, 9.17) is 0 Å². The van der Waals surface area contributed by atoms with Gasteiger partial charge in [-0.05, 0) is 30.7 Å². The lowest BCUT2D eigenvalue weighted by molar-refractivity contribution is 1.10. The normalized spacial score (nSPS) is 11.4. The minimum Gasteiger partial charge on any atom is -0.335 e. The summed E-state index contributed by atoms with van der Waals surface area (Å²) in [6.07, 6.45) is 8.91. The van der Waals surface area contributed by atoms with Crippen molar-refractivity contribution in [2.24, 2.45) is 0 Å². The quantitative estimate of drug-likeness (QED) is 0.519. The Morgan fingerprint density at radius 3 is 2.80 bits per heavy atom. The second-order valence-corrected chi connectivity index (χ2v) is 5.92. The van der Waals surface area contributed by atoms with E-state index in [1.807, 2.05) is 31.5 Å². The molecule has 0 bridgehead atoms. The summed E-state index contributed by atoms with van der Waals surface area (Å²) in [6.45, 7) is 2.01. The second kappa shape index (κ2) is 5.20. The van der Waals surface area contributed by atoms with Gasteiger partial charge in [0, 0.05) is 29.5 Å². The molecule has 25 heavy (non-hydrogen) atoms. The standard InChI is InChI=1S/C18H13N7/c1-10-4-11(7-20-6-10)14-5-12-15(9-21-14)24-25-17(12)18-22-13-2-3-19-8-16(13)23-18/h2-9H,1H3,(H,22,23)(H,24,25). The summed E-state index contributed by atoms with van der Waals surface area (Å²) in [6, 6.07) is 5.94. The maximum atomic E-state index is 4.61. The molecule has 0 spiro atoms. The van der Waals surface area contributed by atoms with Crippen molar-refractivity contribution >= 4 is 21.9 Å². The highest BCUT2D eigenvalue weighted by molar-refractivity contribution is 5.94. The summed E-state index contributed by atoms with van der Waals surface area (Å²) in [7, 11) is 0. The van der Waals surface area contributed by atoms with E-state index < -0.39 is 0 Å². The number of hydrogen-bond acceptors (Lipinski definition) is 5. The van der Waals surface area contributed by atoms with Gasteiger partial charge in [0.2, 0.25) is 0 Å². The summed E-state index contributed by atoms with van der Waals surface area (Å²) in [5.74, 6) is 0.703. The van der Waals surface area contributed by atoms with Crippen molar-refractivity contribution in [1.82, 2.24) is 35.1 Å². The molecule has 0 atom stereocenters. The Morgan fingerprint density at radius 1 is 0.960 bits per heavy atom. The van der Waals surface area contributed by atoms with Crippen LogP contribution >= 0.6 is 0 Å². The number of imidazole rings is 1. The zero-order valence-electron chi connectivity index (χ0n) is 13.4. The van der Waals surface area contributed by atoms with Crippen molar-refractivity contribution in [3.8, 4) is 22.8 Å². The Kier molecular flexibility index (Phi) is 2.87. The van der Waals surface area contributed by atoms with E-state index in [-0.39, 0.29) is 0 Å². The third-order valence-corrected chi connectivity index (χ3v) is 4.13. The van der Waals surface area contributed by atoms with Crippen LogP contribution in [0.2, 0.25) is 0 Å². The van der Waals surface area contributed by atoms with Crippen LogP contribution in [0.3, 0.4) is 0 Å². The van der Waals surface area contributed by atoms with Gasteiger partial charge in [0.1, 0.15) is 5.69 Å². The summed E-state index contributed by atoms with van der Waals surface area (Å²) in [4.78, 5) is 20.8. The third-order valence-electron chi connectivity index (χ3n) is 4.13. The van der Waals surface area contributed by atoms with Gasteiger partial charge in [0.05, 0.1) is 34.6 Å². The molecule has 120 valence electrons. The van der Waals surface area contributed by atoms with Gasteiger partial charge in [-0.15, -0.1) is 0 Å². The predicted octanol–water partition coefficient (Wildman–Crippen LogP) is 3.27. The molecule has 0 radical (unpaired) electrons. The average molecular weight is 327 g/mol. The lowest BCUT2D eigenvalue weighted by atomic mass is 10.1. The Balaban J connectivity index is 1.70. The first-order chi connectivity index (χ1) is 12.3. The number of aromatic nitrogens is 7. The van der Waals surface area contributed by atoms with E-state index in [0.29, 0.717) is 5.82 Å². The van der Waals surface area contributed by atoms with Gasteiger partial charge in [0.15, 0.2) is 5.82 Å². The smallest absolute Gasteiger partial charge is 0.159 e.